The Morgan fingerprint density at radius 1 is 1.11 bits per heavy atom. The molecule has 8 heteroatoms. The van der Waals surface area contributed by atoms with Crippen LogP contribution in [0.2, 0.25) is 5.02 Å². The number of unbranched alkanes of at least 4 members (excludes halogenated alkanes) is 1. The SMILES string of the molecule is CCCCc1ccc(C(=O)N(CCOC)CC(=O)Nc2cc(C(C)(C)C)nn2-c2ccccc2Cl)cc1. The van der Waals surface area contributed by atoms with Gasteiger partial charge in [0.2, 0.25) is 5.91 Å². The summed E-state index contributed by atoms with van der Waals surface area (Å²) in [5.74, 6) is -0.0654. The number of nitrogens with one attached hydrogen (secondary N) is 1. The van der Waals surface area contributed by atoms with Gasteiger partial charge in [0.1, 0.15) is 12.4 Å². The molecule has 0 unspecified atom stereocenters. The van der Waals surface area contributed by atoms with Crippen molar-refractivity contribution < 1.29 is 14.3 Å². The average molecular weight is 525 g/mol. The van der Waals surface area contributed by atoms with Crippen molar-refractivity contribution in [2.24, 2.45) is 0 Å². The van der Waals surface area contributed by atoms with Crippen molar-refractivity contribution in [2.75, 3.05) is 32.1 Å². The average Bonchev–Trinajstić information content (AvgIpc) is 3.29. The number of carbonyl (C=O) groups is 2. The minimum atomic E-state index is -0.335. The van der Waals surface area contributed by atoms with Crippen LogP contribution in [0.15, 0.2) is 54.6 Å². The van der Waals surface area contributed by atoms with Crippen LogP contribution in [0.3, 0.4) is 0 Å². The molecule has 37 heavy (non-hydrogen) atoms. The fourth-order valence-corrected chi connectivity index (χ4v) is 4.05. The van der Waals surface area contributed by atoms with E-state index in [2.05, 4.69) is 33.0 Å². The number of aryl methyl sites for hydroxylation is 1. The molecule has 2 amide bonds. The van der Waals surface area contributed by atoms with Crippen molar-refractivity contribution in [3.05, 3.63) is 76.4 Å². The van der Waals surface area contributed by atoms with Crippen LogP contribution < -0.4 is 5.32 Å². The van der Waals surface area contributed by atoms with Crippen molar-refractivity contribution in [3.8, 4) is 5.69 Å². The van der Waals surface area contributed by atoms with Crippen LogP contribution in [0.5, 0.6) is 0 Å². The van der Waals surface area contributed by atoms with Crippen molar-refractivity contribution in [1.29, 1.82) is 0 Å². The molecule has 0 saturated heterocycles. The maximum atomic E-state index is 13.3. The lowest BCUT2D eigenvalue weighted by atomic mass is 9.92. The molecule has 1 heterocycles. The van der Waals surface area contributed by atoms with Gasteiger partial charge in [0.25, 0.3) is 5.91 Å². The zero-order valence-electron chi connectivity index (χ0n) is 22.4. The fourth-order valence-electron chi connectivity index (χ4n) is 3.83. The monoisotopic (exact) mass is 524 g/mol. The highest BCUT2D eigenvalue weighted by molar-refractivity contribution is 6.32. The number of anilines is 1. The molecule has 0 fully saturated rings. The zero-order valence-corrected chi connectivity index (χ0v) is 23.1. The summed E-state index contributed by atoms with van der Waals surface area (Å²) < 4.78 is 6.83. The van der Waals surface area contributed by atoms with E-state index in [9.17, 15) is 9.59 Å². The van der Waals surface area contributed by atoms with E-state index >= 15 is 0 Å². The predicted octanol–water partition coefficient (Wildman–Crippen LogP) is 5.89. The molecule has 3 aromatic rings. The summed E-state index contributed by atoms with van der Waals surface area (Å²) in [5, 5.41) is 8.18. The molecule has 0 aliphatic rings. The minimum Gasteiger partial charge on any atom is -0.383 e. The highest BCUT2D eigenvalue weighted by atomic mass is 35.5. The molecule has 0 bridgehead atoms. The van der Waals surface area contributed by atoms with Crippen LogP contribution in [0.4, 0.5) is 5.82 Å². The standard InChI is InChI=1S/C29H37ClN4O3/c1-6-7-10-21-13-15-22(16-14-21)28(36)33(17-18-37-5)20-27(35)31-26-19-25(29(2,3)4)32-34(26)24-12-9-8-11-23(24)30/h8-9,11-16,19H,6-7,10,17-18,20H2,1-5H3,(H,31,35). The van der Waals surface area contributed by atoms with Gasteiger partial charge in [-0.15, -0.1) is 0 Å². The molecule has 0 saturated carbocycles. The number of hydrogen-bond acceptors (Lipinski definition) is 4. The molecular formula is C29H37ClN4O3. The fraction of sp³-hybridized carbons (Fsp3) is 0.414. The Bertz CT molecular complexity index is 1200. The number of methoxy groups -OCH3 is 1. The van der Waals surface area contributed by atoms with Gasteiger partial charge >= 0.3 is 0 Å². The second-order valence-corrected chi connectivity index (χ2v) is 10.5. The molecule has 3 rings (SSSR count). The Labute approximate surface area is 224 Å². The third-order valence-electron chi connectivity index (χ3n) is 6.03. The summed E-state index contributed by atoms with van der Waals surface area (Å²) >= 11 is 6.44. The normalized spacial score (nSPS) is 11.4. The second-order valence-electron chi connectivity index (χ2n) is 10.1. The van der Waals surface area contributed by atoms with Gasteiger partial charge in [-0.3, -0.25) is 9.59 Å². The number of para-hydroxylation sites is 1. The maximum absolute atomic E-state index is 13.3. The Hall–Kier alpha value is -3.16. The first-order valence-corrected chi connectivity index (χ1v) is 13.0. The first kappa shape index (κ1) is 28.4. The van der Waals surface area contributed by atoms with Crippen molar-refractivity contribution in [1.82, 2.24) is 14.7 Å². The molecule has 0 aliphatic carbocycles. The lowest BCUT2D eigenvalue weighted by Gasteiger charge is -2.22. The minimum absolute atomic E-state index is 0.127. The lowest BCUT2D eigenvalue weighted by Crippen LogP contribution is -2.40. The van der Waals surface area contributed by atoms with E-state index < -0.39 is 0 Å². The van der Waals surface area contributed by atoms with Gasteiger partial charge in [-0.05, 0) is 42.7 Å². The largest absolute Gasteiger partial charge is 0.383 e. The lowest BCUT2D eigenvalue weighted by molar-refractivity contribution is -0.117. The van der Waals surface area contributed by atoms with E-state index in [-0.39, 0.29) is 30.3 Å². The molecule has 0 atom stereocenters. The number of nitrogens with zero attached hydrogens (tertiary/aromatic N) is 3. The quantitative estimate of drug-likeness (QED) is 0.339. The first-order chi connectivity index (χ1) is 17.6. The Morgan fingerprint density at radius 2 is 1.81 bits per heavy atom. The van der Waals surface area contributed by atoms with E-state index in [1.165, 1.54) is 10.5 Å². The van der Waals surface area contributed by atoms with Gasteiger partial charge in [0.15, 0.2) is 0 Å². The molecule has 0 radical (unpaired) electrons. The highest BCUT2D eigenvalue weighted by Crippen LogP contribution is 2.29. The molecule has 0 aliphatic heterocycles. The van der Waals surface area contributed by atoms with Crippen LogP contribution in [-0.2, 0) is 21.4 Å². The molecule has 1 N–H and O–H groups in total. The number of amides is 2. The molecule has 1 aromatic heterocycles. The summed E-state index contributed by atoms with van der Waals surface area (Å²) in [7, 11) is 1.57. The summed E-state index contributed by atoms with van der Waals surface area (Å²) in [6.45, 7) is 8.79. The number of aromatic nitrogens is 2. The van der Waals surface area contributed by atoms with E-state index in [0.717, 1.165) is 25.0 Å². The second kappa shape index (κ2) is 12.9. The van der Waals surface area contributed by atoms with Gasteiger partial charge in [0, 0.05) is 30.7 Å². The molecule has 0 spiro atoms. The van der Waals surface area contributed by atoms with Crippen LogP contribution in [0.1, 0.15) is 62.2 Å². The third-order valence-corrected chi connectivity index (χ3v) is 6.35. The summed E-state index contributed by atoms with van der Waals surface area (Å²) in [4.78, 5) is 28.0. The number of benzene rings is 2. The van der Waals surface area contributed by atoms with E-state index in [1.54, 1.807) is 17.9 Å². The van der Waals surface area contributed by atoms with Gasteiger partial charge in [-0.2, -0.15) is 5.10 Å². The Kier molecular flexibility index (Phi) is 9.89. The van der Waals surface area contributed by atoms with Crippen LogP contribution in [0.25, 0.3) is 5.69 Å². The van der Waals surface area contributed by atoms with Gasteiger partial charge < -0.3 is 15.0 Å². The van der Waals surface area contributed by atoms with Crippen molar-refractivity contribution >= 4 is 29.2 Å². The molecule has 2 aromatic carbocycles. The maximum Gasteiger partial charge on any atom is 0.254 e. The Morgan fingerprint density at radius 3 is 2.43 bits per heavy atom. The van der Waals surface area contributed by atoms with Gasteiger partial charge in [-0.1, -0.05) is 70.0 Å². The van der Waals surface area contributed by atoms with E-state index in [4.69, 9.17) is 21.4 Å². The molecule has 7 nitrogen and oxygen atoms in total. The highest BCUT2D eigenvalue weighted by Gasteiger charge is 2.24. The number of ether oxygens (including phenoxy) is 1. The van der Waals surface area contributed by atoms with E-state index in [0.29, 0.717) is 28.7 Å². The van der Waals surface area contributed by atoms with Crippen molar-refractivity contribution in [2.45, 2.75) is 52.4 Å². The number of halogens is 1. The Balaban J connectivity index is 1.82. The number of carbonyl (C=O) groups excluding carboxylic acids is 2. The number of rotatable bonds is 11. The number of hydrogen-bond donors (Lipinski definition) is 1. The molecule has 198 valence electrons. The van der Waals surface area contributed by atoms with Crippen LogP contribution >= 0.6 is 11.6 Å². The zero-order chi connectivity index (χ0) is 27.0. The molecular weight excluding hydrogens is 488 g/mol. The van der Waals surface area contributed by atoms with Gasteiger partial charge in [0.05, 0.1) is 23.0 Å². The van der Waals surface area contributed by atoms with Crippen LogP contribution in [0, 0.1) is 0 Å². The van der Waals surface area contributed by atoms with E-state index in [1.807, 2.05) is 48.5 Å². The summed E-state index contributed by atoms with van der Waals surface area (Å²) in [6.07, 6.45) is 3.21. The van der Waals surface area contributed by atoms with Gasteiger partial charge in [-0.25, -0.2) is 4.68 Å². The first-order valence-electron chi connectivity index (χ1n) is 12.7. The van der Waals surface area contributed by atoms with Crippen molar-refractivity contribution in [3.63, 3.8) is 0 Å². The summed E-state index contributed by atoms with van der Waals surface area (Å²) in [6, 6.07) is 16.8. The smallest absolute Gasteiger partial charge is 0.254 e. The third kappa shape index (κ3) is 7.66. The topological polar surface area (TPSA) is 76.5 Å². The summed E-state index contributed by atoms with van der Waals surface area (Å²) in [5.41, 5.74) is 2.96. The predicted molar refractivity (Wildman–Crippen MR) is 149 cm³/mol. The van der Waals surface area contributed by atoms with Crippen LogP contribution in [-0.4, -0.2) is 53.3 Å².